The molecule has 0 saturated carbocycles. The molecule has 1 saturated heterocycles. The number of hydrogen-bond acceptors (Lipinski definition) is 3. The summed E-state index contributed by atoms with van der Waals surface area (Å²) in [4.78, 5) is 4.78. The van der Waals surface area contributed by atoms with Gasteiger partial charge in [-0.2, -0.15) is 0 Å². The van der Waals surface area contributed by atoms with Gasteiger partial charge in [0.15, 0.2) is 5.96 Å². The molecule has 1 aliphatic rings. The van der Waals surface area contributed by atoms with Crippen LogP contribution in [0.15, 0.2) is 23.2 Å². The molecule has 1 aromatic carbocycles. The van der Waals surface area contributed by atoms with Crippen LogP contribution in [0.1, 0.15) is 52.2 Å². The summed E-state index contributed by atoms with van der Waals surface area (Å²) in [5.41, 5.74) is 2.53. The first-order chi connectivity index (χ1) is 12.8. The zero-order chi connectivity index (χ0) is 19.9. The number of guanidine groups is 1. The van der Waals surface area contributed by atoms with E-state index in [-0.39, 0.29) is 11.5 Å². The van der Waals surface area contributed by atoms with E-state index in [1.54, 1.807) is 0 Å². The fourth-order valence-corrected chi connectivity index (χ4v) is 3.19. The molecule has 1 unspecified atom stereocenters. The zero-order valence-electron chi connectivity index (χ0n) is 17.9. The molecule has 2 N–H and O–H groups in total. The van der Waals surface area contributed by atoms with Gasteiger partial charge in [0.1, 0.15) is 5.75 Å². The lowest BCUT2D eigenvalue weighted by molar-refractivity contribution is -0.0971. The van der Waals surface area contributed by atoms with Crippen LogP contribution < -0.4 is 15.4 Å². The first-order valence-electron chi connectivity index (χ1n) is 10.2. The van der Waals surface area contributed by atoms with Crippen molar-refractivity contribution < 1.29 is 9.47 Å². The summed E-state index contributed by atoms with van der Waals surface area (Å²) in [6.45, 7) is 16.9. The van der Waals surface area contributed by atoms with Gasteiger partial charge in [-0.05, 0) is 44.7 Å². The molecule has 152 valence electrons. The number of hydrogen-bond donors (Lipinski definition) is 2. The molecule has 0 aliphatic carbocycles. The fourth-order valence-electron chi connectivity index (χ4n) is 3.19. The Labute approximate surface area is 164 Å². The molecule has 5 nitrogen and oxygen atoms in total. The smallest absolute Gasteiger partial charge is 0.191 e. The minimum Gasteiger partial charge on any atom is -0.490 e. The maximum Gasteiger partial charge on any atom is 0.191 e. The van der Waals surface area contributed by atoms with Crippen LogP contribution in [0.2, 0.25) is 0 Å². The topological polar surface area (TPSA) is 54.9 Å². The van der Waals surface area contributed by atoms with Crippen LogP contribution in [0, 0.1) is 18.3 Å². The lowest BCUT2D eigenvalue weighted by atomic mass is 9.89. The Kier molecular flexibility index (Phi) is 7.96. The molecule has 1 atom stereocenters. The molecule has 1 aliphatic heterocycles. The fraction of sp³-hybridized carbons (Fsp3) is 0.682. The summed E-state index contributed by atoms with van der Waals surface area (Å²) < 4.78 is 11.6. The molecule has 0 amide bonds. The SMILES string of the molecule is CCNC(=NCc1ccc(C)cc1OC(C)CC(C)C)NCC1(C)COC1. The first-order valence-corrected chi connectivity index (χ1v) is 10.2. The van der Waals surface area contributed by atoms with Crippen molar-refractivity contribution in [2.24, 2.45) is 16.3 Å². The molecule has 2 rings (SSSR count). The van der Waals surface area contributed by atoms with Gasteiger partial charge in [-0.25, -0.2) is 4.99 Å². The van der Waals surface area contributed by atoms with Crippen molar-refractivity contribution >= 4 is 5.96 Å². The van der Waals surface area contributed by atoms with E-state index in [2.05, 4.69) is 70.4 Å². The Balaban J connectivity index is 2.05. The van der Waals surface area contributed by atoms with Crippen molar-refractivity contribution in [2.75, 3.05) is 26.3 Å². The largest absolute Gasteiger partial charge is 0.490 e. The number of benzene rings is 1. The molecule has 0 aromatic heterocycles. The quantitative estimate of drug-likeness (QED) is 0.508. The summed E-state index contributed by atoms with van der Waals surface area (Å²) in [5.74, 6) is 2.40. The van der Waals surface area contributed by atoms with Gasteiger partial charge in [-0.3, -0.25) is 0 Å². The van der Waals surface area contributed by atoms with Crippen LogP contribution in [0.25, 0.3) is 0 Å². The third-order valence-corrected chi connectivity index (χ3v) is 4.69. The highest BCUT2D eigenvalue weighted by Gasteiger charge is 2.33. The molecule has 1 heterocycles. The van der Waals surface area contributed by atoms with Gasteiger partial charge in [0, 0.05) is 24.1 Å². The highest BCUT2D eigenvalue weighted by molar-refractivity contribution is 5.79. The predicted octanol–water partition coefficient (Wildman–Crippen LogP) is 3.90. The molecular formula is C22H37N3O2. The Morgan fingerprint density at radius 2 is 2.00 bits per heavy atom. The average Bonchev–Trinajstić information content (AvgIpc) is 2.56. The minimum atomic E-state index is 0.194. The predicted molar refractivity (Wildman–Crippen MR) is 112 cm³/mol. The summed E-state index contributed by atoms with van der Waals surface area (Å²) in [6, 6.07) is 6.37. The van der Waals surface area contributed by atoms with Crippen LogP contribution in [-0.4, -0.2) is 38.4 Å². The van der Waals surface area contributed by atoms with E-state index in [1.165, 1.54) is 5.56 Å². The zero-order valence-corrected chi connectivity index (χ0v) is 17.9. The molecule has 27 heavy (non-hydrogen) atoms. The van der Waals surface area contributed by atoms with Gasteiger partial charge in [0.2, 0.25) is 0 Å². The minimum absolute atomic E-state index is 0.194. The number of nitrogens with zero attached hydrogens (tertiary/aromatic N) is 1. The number of nitrogens with one attached hydrogen (secondary N) is 2. The molecule has 0 radical (unpaired) electrons. The van der Waals surface area contributed by atoms with Crippen molar-refractivity contribution in [3.8, 4) is 5.75 Å². The first kappa shape index (κ1) is 21.5. The second-order valence-electron chi connectivity index (χ2n) is 8.52. The van der Waals surface area contributed by atoms with Crippen LogP contribution in [0.3, 0.4) is 0 Å². The van der Waals surface area contributed by atoms with Crippen LogP contribution in [0.4, 0.5) is 0 Å². The summed E-state index contributed by atoms with van der Waals surface area (Å²) in [6.07, 6.45) is 1.24. The molecule has 0 spiro atoms. The molecular weight excluding hydrogens is 338 g/mol. The highest BCUT2D eigenvalue weighted by atomic mass is 16.5. The van der Waals surface area contributed by atoms with Gasteiger partial charge in [0.25, 0.3) is 0 Å². The van der Waals surface area contributed by atoms with Crippen molar-refractivity contribution in [3.05, 3.63) is 29.3 Å². The van der Waals surface area contributed by atoms with Crippen molar-refractivity contribution in [2.45, 2.75) is 60.6 Å². The maximum absolute atomic E-state index is 6.24. The third kappa shape index (κ3) is 7.06. The van der Waals surface area contributed by atoms with E-state index < -0.39 is 0 Å². The lowest BCUT2D eigenvalue weighted by Gasteiger charge is -2.38. The maximum atomic E-state index is 6.24. The van der Waals surface area contributed by atoms with E-state index in [0.717, 1.165) is 50.0 Å². The van der Waals surface area contributed by atoms with Crippen LogP contribution in [0.5, 0.6) is 5.75 Å². The van der Waals surface area contributed by atoms with Gasteiger partial charge in [0.05, 0.1) is 25.9 Å². The number of ether oxygens (including phenoxy) is 2. The van der Waals surface area contributed by atoms with E-state index >= 15 is 0 Å². The summed E-state index contributed by atoms with van der Waals surface area (Å²) in [5, 5.41) is 6.78. The van der Waals surface area contributed by atoms with Gasteiger partial charge < -0.3 is 20.1 Å². The standard InChI is InChI=1S/C22H37N3O2/c1-7-23-21(25-13-22(6)14-26-15-22)24-12-19-9-8-17(4)11-20(19)27-18(5)10-16(2)3/h8-9,11,16,18H,7,10,12-15H2,1-6H3,(H2,23,24,25). The lowest BCUT2D eigenvalue weighted by Crippen LogP contribution is -2.51. The highest BCUT2D eigenvalue weighted by Crippen LogP contribution is 2.25. The normalized spacial score (nSPS) is 17.4. The van der Waals surface area contributed by atoms with Crippen LogP contribution >= 0.6 is 0 Å². The third-order valence-electron chi connectivity index (χ3n) is 4.69. The second-order valence-corrected chi connectivity index (χ2v) is 8.52. The Bertz CT molecular complexity index is 624. The van der Waals surface area contributed by atoms with Crippen LogP contribution in [-0.2, 0) is 11.3 Å². The van der Waals surface area contributed by atoms with E-state index in [9.17, 15) is 0 Å². The van der Waals surface area contributed by atoms with Crippen molar-refractivity contribution in [1.82, 2.24) is 10.6 Å². The van der Waals surface area contributed by atoms with Crippen molar-refractivity contribution in [1.29, 1.82) is 0 Å². The monoisotopic (exact) mass is 375 g/mol. The number of aliphatic imine (C=N–C) groups is 1. The average molecular weight is 376 g/mol. The van der Waals surface area contributed by atoms with Crippen molar-refractivity contribution in [3.63, 3.8) is 0 Å². The summed E-state index contributed by atoms with van der Waals surface area (Å²) >= 11 is 0. The second kappa shape index (κ2) is 9.98. The van der Waals surface area contributed by atoms with Gasteiger partial charge >= 0.3 is 0 Å². The van der Waals surface area contributed by atoms with E-state index in [1.807, 2.05) is 0 Å². The molecule has 1 fully saturated rings. The molecule has 5 heteroatoms. The Morgan fingerprint density at radius 1 is 1.26 bits per heavy atom. The number of rotatable bonds is 9. The summed E-state index contributed by atoms with van der Waals surface area (Å²) in [7, 11) is 0. The van der Waals surface area contributed by atoms with Gasteiger partial charge in [-0.1, -0.05) is 32.9 Å². The Morgan fingerprint density at radius 3 is 2.59 bits per heavy atom. The van der Waals surface area contributed by atoms with Gasteiger partial charge in [-0.15, -0.1) is 0 Å². The van der Waals surface area contributed by atoms with E-state index in [0.29, 0.717) is 12.5 Å². The molecule has 0 bridgehead atoms. The number of aryl methyl sites for hydroxylation is 1. The molecule has 1 aromatic rings. The Hall–Kier alpha value is -1.75. The van der Waals surface area contributed by atoms with E-state index in [4.69, 9.17) is 14.5 Å².